The summed E-state index contributed by atoms with van der Waals surface area (Å²) in [7, 11) is 0. The van der Waals surface area contributed by atoms with Crippen LogP contribution in [0.15, 0.2) is 53.7 Å². The molecule has 0 aliphatic carbocycles. The Morgan fingerprint density at radius 3 is 2.70 bits per heavy atom. The Kier molecular flexibility index (Phi) is 4.13. The molecule has 2 N–H and O–H groups in total. The Labute approximate surface area is 164 Å². The number of aromatic nitrogens is 3. The number of rotatable bonds is 3. The third-order valence-electron chi connectivity index (χ3n) is 4.41. The lowest BCUT2D eigenvalue weighted by Crippen LogP contribution is -2.46. The van der Waals surface area contributed by atoms with Crippen LogP contribution in [0.4, 0.5) is 11.5 Å². The van der Waals surface area contributed by atoms with Crippen LogP contribution in [-0.2, 0) is 5.66 Å². The molecule has 0 spiro atoms. The summed E-state index contributed by atoms with van der Waals surface area (Å²) in [6.45, 7) is 1.72. The third-order valence-corrected chi connectivity index (χ3v) is 4.93. The Hall–Kier alpha value is -2.90. The Morgan fingerprint density at radius 2 is 2.00 bits per heavy atom. The largest absolute Gasteiger partial charge is 0.336 e. The Balaban J connectivity index is 1.92. The van der Waals surface area contributed by atoms with Crippen LogP contribution in [0.3, 0.4) is 0 Å². The van der Waals surface area contributed by atoms with Gasteiger partial charge in [-0.25, -0.2) is 9.97 Å². The molecule has 0 saturated heterocycles. The smallest absolute Gasteiger partial charge is 0.277 e. The minimum Gasteiger partial charge on any atom is -0.336 e. The summed E-state index contributed by atoms with van der Waals surface area (Å²) in [5, 5.41) is 6.40. The predicted molar refractivity (Wildman–Crippen MR) is 103 cm³/mol. The van der Waals surface area contributed by atoms with Gasteiger partial charge in [-0.05, 0) is 36.8 Å². The summed E-state index contributed by atoms with van der Waals surface area (Å²) in [6.07, 6.45) is 2.90. The summed E-state index contributed by atoms with van der Waals surface area (Å²) in [4.78, 5) is 33.6. The number of anilines is 2. The van der Waals surface area contributed by atoms with Gasteiger partial charge in [0.25, 0.3) is 11.5 Å². The van der Waals surface area contributed by atoms with Crippen molar-refractivity contribution in [3.8, 4) is 0 Å². The van der Waals surface area contributed by atoms with Gasteiger partial charge >= 0.3 is 0 Å². The molecule has 0 fully saturated rings. The highest BCUT2D eigenvalue weighted by atomic mass is 35.5. The molecule has 1 aliphatic rings. The fraction of sp³-hybridized carbons (Fsp3) is 0.111. The van der Waals surface area contributed by atoms with E-state index < -0.39 is 17.1 Å². The number of nitrogens with one attached hydrogen (secondary N) is 2. The number of hydrogen-bond donors (Lipinski definition) is 2. The quantitative estimate of drug-likeness (QED) is 0.703. The van der Waals surface area contributed by atoms with Gasteiger partial charge in [0.1, 0.15) is 29.2 Å². The number of nitrogens with zero attached hydrogens (tertiary/aromatic N) is 3. The zero-order chi connectivity index (χ0) is 19.2. The molecule has 7 nitrogen and oxygen atoms in total. The van der Waals surface area contributed by atoms with E-state index in [0.717, 1.165) is 0 Å². The number of amides is 1. The number of carbonyl (C=O) groups excluding carboxylic acids is 1. The average molecular weight is 402 g/mol. The summed E-state index contributed by atoms with van der Waals surface area (Å²) in [5.74, 6) is -0.00591. The molecule has 0 saturated carbocycles. The molecule has 136 valence electrons. The highest BCUT2D eigenvalue weighted by molar-refractivity contribution is 6.34. The van der Waals surface area contributed by atoms with Crippen LogP contribution in [0.25, 0.3) is 0 Å². The number of benzene rings is 1. The first-order valence-electron chi connectivity index (χ1n) is 7.98. The topological polar surface area (TPSA) is 88.9 Å². The first-order chi connectivity index (χ1) is 12.9. The van der Waals surface area contributed by atoms with Crippen LogP contribution in [0.5, 0.6) is 0 Å². The van der Waals surface area contributed by atoms with Gasteiger partial charge in [0.2, 0.25) is 0 Å². The van der Waals surface area contributed by atoms with Crippen molar-refractivity contribution in [1.29, 1.82) is 0 Å². The maximum Gasteiger partial charge on any atom is 0.277 e. The van der Waals surface area contributed by atoms with Crippen LogP contribution >= 0.6 is 23.2 Å². The number of pyridine rings is 1. The third kappa shape index (κ3) is 2.85. The molecule has 27 heavy (non-hydrogen) atoms. The molecule has 1 unspecified atom stereocenters. The lowest BCUT2D eigenvalue weighted by atomic mass is 10.0. The van der Waals surface area contributed by atoms with Crippen LogP contribution in [0, 0.1) is 0 Å². The van der Waals surface area contributed by atoms with E-state index in [9.17, 15) is 9.59 Å². The molecular weight excluding hydrogens is 389 g/mol. The van der Waals surface area contributed by atoms with Crippen molar-refractivity contribution in [2.45, 2.75) is 12.6 Å². The molecule has 0 radical (unpaired) electrons. The lowest BCUT2D eigenvalue weighted by Gasteiger charge is -2.28. The molecule has 1 atom stereocenters. The summed E-state index contributed by atoms with van der Waals surface area (Å²) in [5.41, 5.74) is -0.626. The minimum atomic E-state index is -1.14. The summed E-state index contributed by atoms with van der Waals surface area (Å²) < 4.78 is 1.34. The maximum atomic E-state index is 13.2. The first-order valence-corrected chi connectivity index (χ1v) is 8.73. The fourth-order valence-corrected chi connectivity index (χ4v) is 3.61. The van der Waals surface area contributed by atoms with Crippen molar-refractivity contribution in [3.63, 3.8) is 0 Å². The van der Waals surface area contributed by atoms with Gasteiger partial charge in [-0.1, -0.05) is 35.3 Å². The number of halogens is 2. The summed E-state index contributed by atoms with van der Waals surface area (Å²) >= 11 is 12.4. The molecule has 4 rings (SSSR count). The van der Waals surface area contributed by atoms with Crippen molar-refractivity contribution in [3.05, 3.63) is 80.6 Å². The molecule has 1 aliphatic heterocycles. The van der Waals surface area contributed by atoms with E-state index in [4.69, 9.17) is 23.2 Å². The van der Waals surface area contributed by atoms with Gasteiger partial charge in [0.05, 0.1) is 5.02 Å². The van der Waals surface area contributed by atoms with E-state index in [1.165, 1.54) is 17.0 Å². The van der Waals surface area contributed by atoms with Gasteiger partial charge in [-0.3, -0.25) is 14.2 Å². The minimum absolute atomic E-state index is 0.0948. The van der Waals surface area contributed by atoms with E-state index in [1.54, 1.807) is 43.5 Å². The van der Waals surface area contributed by atoms with Crippen molar-refractivity contribution >= 4 is 40.6 Å². The van der Waals surface area contributed by atoms with Crippen molar-refractivity contribution in [2.75, 3.05) is 5.32 Å². The lowest BCUT2D eigenvalue weighted by molar-refractivity contribution is 0.0941. The molecule has 2 aromatic heterocycles. The normalized spacial score (nSPS) is 18.1. The van der Waals surface area contributed by atoms with Crippen LogP contribution < -0.4 is 16.2 Å². The number of hydrogen-bond acceptors (Lipinski definition) is 5. The van der Waals surface area contributed by atoms with Crippen molar-refractivity contribution in [2.24, 2.45) is 0 Å². The second-order valence-corrected chi connectivity index (χ2v) is 7.00. The SMILES string of the molecule is CC1(c2cccc(Cl)c2)NC(=O)c2c(Cl)cc(Nc3ccncn3)c(=O)n21. The summed E-state index contributed by atoms with van der Waals surface area (Å²) in [6, 6.07) is 9.98. The molecule has 3 heterocycles. The Morgan fingerprint density at radius 1 is 1.19 bits per heavy atom. The molecular formula is C18H13Cl2N5O2. The Bertz CT molecular complexity index is 1120. The van der Waals surface area contributed by atoms with Gasteiger partial charge in [-0.2, -0.15) is 0 Å². The van der Waals surface area contributed by atoms with Gasteiger partial charge < -0.3 is 10.6 Å². The van der Waals surface area contributed by atoms with E-state index in [-0.39, 0.29) is 16.4 Å². The molecule has 1 amide bonds. The van der Waals surface area contributed by atoms with Crippen LogP contribution in [-0.4, -0.2) is 20.4 Å². The number of carbonyl (C=O) groups is 1. The van der Waals surface area contributed by atoms with Gasteiger partial charge in [0, 0.05) is 11.2 Å². The first kappa shape index (κ1) is 17.5. The van der Waals surface area contributed by atoms with Crippen LogP contribution in [0.1, 0.15) is 23.0 Å². The number of fused-ring (bicyclic) bond motifs is 1. The molecule has 1 aromatic carbocycles. The molecule has 9 heteroatoms. The molecule has 0 bridgehead atoms. The predicted octanol–water partition coefficient (Wildman–Crippen LogP) is 3.15. The highest BCUT2D eigenvalue weighted by Crippen LogP contribution is 2.34. The zero-order valence-corrected chi connectivity index (χ0v) is 15.5. The van der Waals surface area contributed by atoms with E-state index in [0.29, 0.717) is 16.4 Å². The van der Waals surface area contributed by atoms with E-state index >= 15 is 0 Å². The maximum absolute atomic E-state index is 13.2. The standard InChI is InChI=1S/C18H13Cl2N5O2/c1-18(10-3-2-4-11(19)7-10)24-16(26)15-12(20)8-13(17(27)25(15)18)23-14-5-6-21-9-22-14/h2-9H,1H3,(H,24,26)(H,21,22,23). The van der Waals surface area contributed by atoms with E-state index in [1.807, 2.05) is 0 Å². The van der Waals surface area contributed by atoms with Gasteiger partial charge in [0.15, 0.2) is 0 Å². The molecule has 3 aromatic rings. The highest BCUT2D eigenvalue weighted by Gasteiger charge is 2.43. The van der Waals surface area contributed by atoms with Gasteiger partial charge in [-0.15, -0.1) is 0 Å². The zero-order valence-electron chi connectivity index (χ0n) is 14.0. The fourth-order valence-electron chi connectivity index (χ4n) is 3.14. The van der Waals surface area contributed by atoms with Crippen molar-refractivity contribution in [1.82, 2.24) is 19.9 Å². The second kappa shape index (κ2) is 6.37. The monoisotopic (exact) mass is 401 g/mol. The second-order valence-electron chi connectivity index (χ2n) is 6.15. The van der Waals surface area contributed by atoms with Crippen LogP contribution in [0.2, 0.25) is 10.0 Å². The van der Waals surface area contributed by atoms with E-state index in [2.05, 4.69) is 20.6 Å². The average Bonchev–Trinajstić information content (AvgIpc) is 2.93. The van der Waals surface area contributed by atoms with Crippen molar-refractivity contribution < 1.29 is 4.79 Å².